The number of ether oxygens (including phenoxy) is 1. The van der Waals surface area contributed by atoms with Gasteiger partial charge >= 0.3 is 0 Å². The van der Waals surface area contributed by atoms with E-state index in [1.165, 1.54) is 13.2 Å². The monoisotopic (exact) mass is 280 g/mol. The van der Waals surface area contributed by atoms with Gasteiger partial charge in [-0.25, -0.2) is 4.39 Å². The van der Waals surface area contributed by atoms with Crippen LogP contribution in [0.3, 0.4) is 0 Å². The van der Waals surface area contributed by atoms with Crippen molar-refractivity contribution in [1.29, 1.82) is 0 Å². The summed E-state index contributed by atoms with van der Waals surface area (Å²) in [4.78, 5) is 11.4. The van der Waals surface area contributed by atoms with Gasteiger partial charge < -0.3 is 4.74 Å². The Morgan fingerprint density at radius 2 is 2.29 bits per heavy atom. The van der Waals surface area contributed by atoms with Crippen molar-refractivity contribution in [2.45, 2.75) is 0 Å². The Bertz CT molecular complexity index is 368. The van der Waals surface area contributed by atoms with E-state index in [0.717, 1.165) is 6.07 Å². The summed E-state index contributed by atoms with van der Waals surface area (Å²) in [5.74, 6) is -1.02. The first-order valence-electron chi connectivity index (χ1n) is 3.73. The molecule has 14 heavy (non-hydrogen) atoms. The molecule has 0 aliphatic rings. The van der Waals surface area contributed by atoms with Gasteiger partial charge in [0.05, 0.1) is 23.0 Å². The SMILES string of the molecule is COc1c(F)ccc(Cl)c1C(=O)CBr. The van der Waals surface area contributed by atoms with E-state index in [-0.39, 0.29) is 27.4 Å². The molecule has 0 saturated carbocycles. The topological polar surface area (TPSA) is 26.3 Å². The van der Waals surface area contributed by atoms with Crippen LogP contribution in [-0.2, 0) is 0 Å². The minimum atomic E-state index is -0.596. The van der Waals surface area contributed by atoms with Crippen LogP contribution in [0.1, 0.15) is 10.4 Å². The second kappa shape index (κ2) is 4.75. The van der Waals surface area contributed by atoms with Gasteiger partial charge in [-0.2, -0.15) is 0 Å². The van der Waals surface area contributed by atoms with E-state index in [9.17, 15) is 9.18 Å². The summed E-state index contributed by atoms with van der Waals surface area (Å²) < 4.78 is 18.0. The summed E-state index contributed by atoms with van der Waals surface area (Å²) in [7, 11) is 1.29. The van der Waals surface area contributed by atoms with Gasteiger partial charge in [0.25, 0.3) is 0 Å². The van der Waals surface area contributed by atoms with Crippen molar-refractivity contribution in [3.05, 3.63) is 28.5 Å². The fourth-order valence-electron chi connectivity index (χ4n) is 1.06. The highest BCUT2D eigenvalue weighted by atomic mass is 79.9. The summed E-state index contributed by atoms with van der Waals surface area (Å²) in [6.45, 7) is 0. The molecule has 1 rings (SSSR count). The summed E-state index contributed by atoms with van der Waals surface area (Å²) in [6, 6.07) is 2.49. The van der Waals surface area contributed by atoms with Gasteiger partial charge in [0, 0.05) is 0 Å². The number of hydrogen-bond donors (Lipinski definition) is 0. The lowest BCUT2D eigenvalue weighted by atomic mass is 10.1. The zero-order valence-electron chi connectivity index (χ0n) is 7.31. The van der Waals surface area contributed by atoms with Crippen LogP contribution in [0.4, 0.5) is 4.39 Å². The minimum Gasteiger partial charge on any atom is -0.493 e. The third kappa shape index (κ3) is 2.07. The lowest BCUT2D eigenvalue weighted by molar-refractivity contribution is 0.102. The average molecular weight is 282 g/mol. The van der Waals surface area contributed by atoms with Crippen molar-refractivity contribution >= 4 is 33.3 Å². The molecule has 0 bridgehead atoms. The Labute approximate surface area is 94.1 Å². The van der Waals surface area contributed by atoms with Crippen molar-refractivity contribution in [2.24, 2.45) is 0 Å². The minimum absolute atomic E-state index is 0.0750. The maximum Gasteiger partial charge on any atom is 0.178 e. The number of halogens is 3. The Balaban J connectivity index is 3.37. The predicted octanol–water partition coefficient (Wildman–Crippen LogP) is 3.07. The van der Waals surface area contributed by atoms with E-state index in [2.05, 4.69) is 15.9 Å². The van der Waals surface area contributed by atoms with Gasteiger partial charge in [-0.15, -0.1) is 0 Å². The quantitative estimate of drug-likeness (QED) is 0.629. The number of rotatable bonds is 3. The maximum atomic E-state index is 13.2. The van der Waals surface area contributed by atoms with E-state index in [1.54, 1.807) is 0 Å². The molecule has 1 aromatic rings. The third-order valence-corrected chi connectivity index (χ3v) is 2.49. The lowest BCUT2D eigenvalue weighted by Crippen LogP contribution is -2.05. The molecule has 0 aromatic heterocycles. The molecule has 2 nitrogen and oxygen atoms in total. The highest BCUT2D eigenvalue weighted by molar-refractivity contribution is 9.09. The summed E-state index contributed by atoms with van der Waals surface area (Å²) in [5, 5.41) is 0.264. The van der Waals surface area contributed by atoms with Crippen molar-refractivity contribution in [2.75, 3.05) is 12.4 Å². The van der Waals surface area contributed by atoms with Crippen molar-refractivity contribution in [1.82, 2.24) is 0 Å². The van der Waals surface area contributed by atoms with E-state index < -0.39 is 5.82 Å². The Kier molecular flexibility index (Phi) is 3.89. The second-order valence-electron chi connectivity index (χ2n) is 2.49. The van der Waals surface area contributed by atoms with Gasteiger partial charge in [0.15, 0.2) is 17.3 Å². The maximum absolute atomic E-state index is 13.2. The first kappa shape index (κ1) is 11.5. The highest BCUT2D eigenvalue weighted by Gasteiger charge is 2.18. The number of ketones is 1. The van der Waals surface area contributed by atoms with Crippen LogP contribution in [0.5, 0.6) is 5.75 Å². The molecule has 0 atom stereocenters. The van der Waals surface area contributed by atoms with Gasteiger partial charge in [-0.05, 0) is 12.1 Å². The molecule has 0 fully saturated rings. The van der Waals surface area contributed by atoms with Crippen molar-refractivity contribution < 1.29 is 13.9 Å². The average Bonchev–Trinajstić information content (AvgIpc) is 2.19. The molecule has 5 heteroatoms. The molecule has 0 saturated heterocycles. The molecule has 0 aliphatic carbocycles. The molecule has 0 radical (unpaired) electrons. The van der Waals surface area contributed by atoms with Gasteiger partial charge in [-0.3, -0.25) is 4.79 Å². The molecule has 0 spiro atoms. The standard InChI is InChI=1S/C9H7BrClFO2/c1-14-9-6(12)3-2-5(11)8(9)7(13)4-10/h2-3H,4H2,1H3. The third-order valence-electron chi connectivity index (χ3n) is 1.66. The molecule has 0 N–H and O–H groups in total. The number of carbonyl (C=O) groups excluding carboxylic acids is 1. The Hall–Kier alpha value is -0.610. The Morgan fingerprint density at radius 3 is 2.79 bits per heavy atom. The van der Waals surface area contributed by atoms with E-state index >= 15 is 0 Å². The van der Waals surface area contributed by atoms with Crippen LogP contribution in [-0.4, -0.2) is 18.2 Å². The van der Waals surface area contributed by atoms with Crippen molar-refractivity contribution in [3.63, 3.8) is 0 Å². The number of carbonyl (C=O) groups is 1. The first-order chi connectivity index (χ1) is 6.61. The molecular formula is C9H7BrClFO2. The van der Waals surface area contributed by atoms with Crippen molar-refractivity contribution in [3.8, 4) is 5.75 Å². The number of Topliss-reactive ketones (excluding diaryl/α,β-unsaturated/α-hetero) is 1. The van der Waals surface area contributed by atoms with Crippen LogP contribution >= 0.6 is 27.5 Å². The number of methoxy groups -OCH3 is 1. The van der Waals surface area contributed by atoms with Gasteiger partial charge in [-0.1, -0.05) is 27.5 Å². The number of hydrogen-bond acceptors (Lipinski definition) is 2. The van der Waals surface area contributed by atoms with Gasteiger partial charge in [0.2, 0.25) is 0 Å². The fourth-order valence-corrected chi connectivity index (χ4v) is 1.59. The zero-order valence-corrected chi connectivity index (χ0v) is 9.65. The van der Waals surface area contributed by atoms with Crippen LogP contribution < -0.4 is 4.74 Å². The molecule has 0 aliphatic heterocycles. The molecular weight excluding hydrogens is 274 g/mol. The van der Waals surface area contributed by atoms with Crippen LogP contribution in [0, 0.1) is 5.82 Å². The molecule has 76 valence electrons. The fraction of sp³-hybridized carbons (Fsp3) is 0.222. The number of benzene rings is 1. The largest absolute Gasteiger partial charge is 0.493 e. The summed E-state index contributed by atoms with van der Waals surface area (Å²) in [5.41, 5.74) is 0.0750. The van der Waals surface area contributed by atoms with E-state index in [0.29, 0.717) is 0 Å². The van der Waals surface area contributed by atoms with Crippen LogP contribution in [0.2, 0.25) is 5.02 Å². The smallest absolute Gasteiger partial charge is 0.178 e. The summed E-state index contributed by atoms with van der Waals surface area (Å²) in [6.07, 6.45) is 0. The van der Waals surface area contributed by atoms with Crippen LogP contribution in [0.25, 0.3) is 0 Å². The highest BCUT2D eigenvalue weighted by Crippen LogP contribution is 2.30. The molecule has 0 unspecified atom stereocenters. The zero-order chi connectivity index (χ0) is 10.7. The predicted molar refractivity (Wildman–Crippen MR) is 56.1 cm³/mol. The second-order valence-corrected chi connectivity index (χ2v) is 3.46. The van der Waals surface area contributed by atoms with E-state index in [4.69, 9.17) is 16.3 Å². The van der Waals surface area contributed by atoms with Gasteiger partial charge in [0.1, 0.15) is 0 Å². The Morgan fingerprint density at radius 1 is 1.64 bits per heavy atom. The summed E-state index contributed by atoms with van der Waals surface area (Å²) >= 11 is 8.75. The molecule has 0 amide bonds. The number of alkyl halides is 1. The van der Waals surface area contributed by atoms with Crippen LogP contribution in [0.15, 0.2) is 12.1 Å². The molecule has 0 heterocycles. The first-order valence-corrected chi connectivity index (χ1v) is 5.23. The van der Waals surface area contributed by atoms with E-state index in [1.807, 2.05) is 0 Å². The molecule has 1 aromatic carbocycles. The lowest BCUT2D eigenvalue weighted by Gasteiger charge is -2.08. The normalized spacial score (nSPS) is 10.0.